The molecule has 120 valence electrons. The van der Waals surface area contributed by atoms with Crippen molar-refractivity contribution >= 4 is 11.8 Å². The number of likely N-dealkylation sites (tertiary alicyclic amines) is 1. The van der Waals surface area contributed by atoms with E-state index in [1.807, 2.05) is 22.7 Å². The molecule has 1 aromatic heterocycles. The van der Waals surface area contributed by atoms with Gasteiger partial charge in [0.05, 0.1) is 11.7 Å². The standard InChI is InChI=1S/C17H20N4O2/c1-20-14(9-10-19-20)15-4-2-3-11-21(15)17(23)13-7-5-12(6-8-13)16(18)22/h5-10,15H,2-4,11H2,1H3,(H2,18,22)/t15-/m1/s1. The summed E-state index contributed by atoms with van der Waals surface area (Å²) in [5, 5.41) is 4.22. The van der Waals surface area contributed by atoms with Crippen LogP contribution < -0.4 is 5.73 Å². The Morgan fingerprint density at radius 1 is 1.13 bits per heavy atom. The highest BCUT2D eigenvalue weighted by molar-refractivity contribution is 5.97. The van der Waals surface area contributed by atoms with Gasteiger partial charge in [0, 0.05) is 30.9 Å². The molecular weight excluding hydrogens is 292 g/mol. The van der Waals surface area contributed by atoms with E-state index < -0.39 is 5.91 Å². The molecule has 6 heteroatoms. The van der Waals surface area contributed by atoms with E-state index in [1.54, 1.807) is 30.5 Å². The molecular formula is C17H20N4O2. The van der Waals surface area contributed by atoms with Gasteiger partial charge < -0.3 is 10.6 Å². The SMILES string of the molecule is Cn1nccc1[C@H]1CCCCN1C(=O)c1ccc(C(N)=O)cc1. The van der Waals surface area contributed by atoms with Gasteiger partial charge in [0.2, 0.25) is 5.91 Å². The highest BCUT2D eigenvalue weighted by Gasteiger charge is 2.30. The van der Waals surface area contributed by atoms with Crippen molar-refractivity contribution in [3.05, 3.63) is 53.3 Å². The first-order valence-corrected chi connectivity index (χ1v) is 7.76. The van der Waals surface area contributed by atoms with Crippen LogP contribution in [0.15, 0.2) is 36.5 Å². The monoisotopic (exact) mass is 312 g/mol. The van der Waals surface area contributed by atoms with Crippen molar-refractivity contribution in [3.8, 4) is 0 Å². The van der Waals surface area contributed by atoms with Crippen LogP contribution in [0.4, 0.5) is 0 Å². The zero-order valence-corrected chi connectivity index (χ0v) is 13.1. The van der Waals surface area contributed by atoms with Crippen LogP contribution in [0.2, 0.25) is 0 Å². The van der Waals surface area contributed by atoms with Crippen molar-refractivity contribution < 1.29 is 9.59 Å². The first-order chi connectivity index (χ1) is 11.1. The minimum atomic E-state index is -0.491. The van der Waals surface area contributed by atoms with Gasteiger partial charge in [-0.05, 0) is 49.6 Å². The van der Waals surface area contributed by atoms with Crippen LogP contribution in [0.1, 0.15) is 51.7 Å². The second-order valence-corrected chi connectivity index (χ2v) is 5.83. The summed E-state index contributed by atoms with van der Waals surface area (Å²) in [7, 11) is 1.90. The molecule has 0 aliphatic carbocycles. The van der Waals surface area contributed by atoms with Crippen LogP contribution >= 0.6 is 0 Å². The minimum absolute atomic E-state index is 0.0214. The molecule has 0 saturated carbocycles. The van der Waals surface area contributed by atoms with E-state index in [-0.39, 0.29) is 11.9 Å². The molecule has 2 amide bonds. The quantitative estimate of drug-likeness (QED) is 0.939. The van der Waals surface area contributed by atoms with E-state index in [2.05, 4.69) is 5.10 Å². The van der Waals surface area contributed by atoms with Crippen LogP contribution in [-0.2, 0) is 7.05 Å². The number of primary amides is 1. The van der Waals surface area contributed by atoms with Crippen LogP contribution in [0, 0.1) is 0 Å². The first-order valence-electron chi connectivity index (χ1n) is 7.76. The number of carbonyl (C=O) groups excluding carboxylic acids is 2. The number of benzene rings is 1. The van der Waals surface area contributed by atoms with Crippen LogP contribution in [0.25, 0.3) is 0 Å². The van der Waals surface area contributed by atoms with Gasteiger partial charge in [0.15, 0.2) is 0 Å². The summed E-state index contributed by atoms with van der Waals surface area (Å²) >= 11 is 0. The number of nitrogens with two attached hydrogens (primary N) is 1. The second-order valence-electron chi connectivity index (χ2n) is 5.83. The Hall–Kier alpha value is -2.63. The zero-order chi connectivity index (χ0) is 16.4. The number of hydrogen-bond donors (Lipinski definition) is 1. The van der Waals surface area contributed by atoms with Gasteiger partial charge in [0.25, 0.3) is 5.91 Å². The molecule has 23 heavy (non-hydrogen) atoms. The van der Waals surface area contributed by atoms with Crippen molar-refractivity contribution in [3.63, 3.8) is 0 Å². The van der Waals surface area contributed by atoms with Gasteiger partial charge in [-0.1, -0.05) is 0 Å². The Morgan fingerprint density at radius 2 is 1.83 bits per heavy atom. The average Bonchev–Trinajstić information content (AvgIpc) is 3.00. The van der Waals surface area contributed by atoms with E-state index in [1.165, 1.54) is 0 Å². The third-order valence-electron chi connectivity index (χ3n) is 4.38. The third kappa shape index (κ3) is 2.97. The molecule has 0 radical (unpaired) electrons. The van der Waals surface area contributed by atoms with Gasteiger partial charge in [-0.25, -0.2) is 0 Å². The number of amides is 2. The lowest BCUT2D eigenvalue weighted by Gasteiger charge is -2.35. The summed E-state index contributed by atoms with van der Waals surface area (Å²) in [6, 6.07) is 8.53. The second kappa shape index (κ2) is 6.24. The summed E-state index contributed by atoms with van der Waals surface area (Å²) in [6.45, 7) is 0.728. The molecule has 2 aromatic rings. The predicted octanol–water partition coefficient (Wildman–Crippen LogP) is 1.89. The van der Waals surface area contributed by atoms with Gasteiger partial charge in [-0.3, -0.25) is 14.3 Å². The maximum Gasteiger partial charge on any atom is 0.254 e. The van der Waals surface area contributed by atoms with Crippen molar-refractivity contribution in [2.24, 2.45) is 12.8 Å². The molecule has 1 atom stereocenters. The summed E-state index contributed by atoms with van der Waals surface area (Å²) in [6.07, 6.45) is 4.79. The smallest absolute Gasteiger partial charge is 0.254 e. The molecule has 1 fully saturated rings. The number of carbonyl (C=O) groups is 2. The summed E-state index contributed by atoms with van der Waals surface area (Å²) in [5.41, 5.74) is 7.27. The molecule has 1 aromatic carbocycles. The van der Waals surface area contributed by atoms with Crippen molar-refractivity contribution in [1.82, 2.24) is 14.7 Å². The lowest BCUT2D eigenvalue weighted by atomic mass is 9.98. The molecule has 1 aliphatic rings. The highest BCUT2D eigenvalue weighted by Crippen LogP contribution is 2.31. The number of aromatic nitrogens is 2. The predicted molar refractivity (Wildman–Crippen MR) is 85.8 cm³/mol. The molecule has 0 bridgehead atoms. The van der Waals surface area contributed by atoms with E-state index in [9.17, 15) is 9.59 Å². The summed E-state index contributed by atoms with van der Waals surface area (Å²) < 4.78 is 1.83. The van der Waals surface area contributed by atoms with Gasteiger partial charge in [-0.2, -0.15) is 5.10 Å². The lowest BCUT2D eigenvalue weighted by Crippen LogP contribution is -2.39. The number of aryl methyl sites for hydroxylation is 1. The lowest BCUT2D eigenvalue weighted by molar-refractivity contribution is 0.0601. The average molecular weight is 312 g/mol. The molecule has 6 nitrogen and oxygen atoms in total. The molecule has 3 rings (SSSR count). The Labute approximate surface area is 134 Å². The first kappa shape index (κ1) is 15.3. The topological polar surface area (TPSA) is 81.2 Å². The number of nitrogens with zero attached hydrogens (tertiary/aromatic N) is 3. The molecule has 1 saturated heterocycles. The molecule has 0 unspecified atom stereocenters. The summed E-state index contributed by atoms with van der Waals surface area (Å²) in [4.78, 5) is 25.9. The molecule has 2 heterocycles. The molecule has 1 aliphatic heterocycles. The van der Waals surface area contributed by atoms with E-state index in [0.717, 1.165) is 31.5 Å². The van der Waals surface area contributed by atoms with Gasteiger partial charge in [0.1, 0.15) is 0 Å². The fraction of sp³-hybridized carbons (Fsp3) is 0.353. The van der Waals surface area contributed by atoms with Crippen molar-refractivity contribution in [2.45, 2.75) is 25.3 Å². The van der Waals surface area contributed by atoms with Gasteiger partial charge in [-0.15, -0.1) is 0 Å². The molecule has 0 spiro atoms. The Morgan fingerprint density at radius 3 is 2.43 bits per heavy atom. The fourth-order valence-corrected chi connectivity index (χ4v) is 3.14. The Balaban J connectivity index is 1.86. The maximum absolute atomic E-state index is 12.9. The third-order valence-corrected chi connectivity index (χ3v) is 4.38. The van der Waals surface area contributed by atoms with Crippen LogP contribution in [-0.4, -0.2) is 33.0 Å². The van der Waals surface area contributed by atoms with E-state index >= 15 is 0 Å². The fourth-order valence-electron chi connectivity index (χ4n) is 3.14. The van der Waals surface area contributed by atoms with Crippen LogP contribution in [0.3, 0.4) is 0 Å². The number of hydrogen-bond acceptors (Lipinski definition) is 3. The van der Waals surface area contributed by atoms with E-state index in [0.29, 0.717) is 11.1 Å². The zero-order valence-electron chi connectivity index (χ0n) is 13.1. The Bertz CT molecular complexity index is 720. The highest BCUT2D eigenvalue weighted by atomic mass is 16.2. The minimum Gasteiger partial charge on any atom is -0.366 e. The number of rotatable bonds is 3. The number of piperidine rings is 1. The van der Waals surface area contributed by atoms with E-state index in [4.69, 9.17) is 5.73 Å². The van der Waals surface area contributed by atoms with Crippen molar-refractivity contribution in [2.75, 3.05) is 6.54 Å². The largest absolute Gasteiger partial charge is 0.366 e. The maximum atomic E-state index is 12.9. The van der Waals surface area contributed by atoms with Crippen molar-refractivity contribution in [1.29, 1.82) is 0 Å². The normalized spacial score (nSPS) is 18.0. The van der Waals surface area contributed by atoms with Crippen LogP contribution in [0.5, 0.6) is 0 Å². The van der Waals surface area contributed by atoms with Gasteiger partial charge >= 0.3 is 0 Å². The Kier molecular flexibility index (Phi) is 4.14. The molecule has 2 N–H and O–H groups in total. The summed E-state index contributed by atoms with van der Waals surface area (Å²) in [5.74, 6) is -0.512.